The number of hydrogen-bond acceptors (Lipinski definition) is 7. The Balaban J connectivity index is 1.66. The lowest BCUT2D eigenvalue weighted by Gasteiger charge is -2.26. The second-order valence-corrected chi connectivity index (χ2v) is 8.06. The second-order valence-electron chi connectivity index (χ2n) is 7.03. The number of aromatic nitrogens is 2. The minimum atomic E-state index is 0.0186. The Morgan fingerprint density at radius 3 is 2.96 bits per heavy atom. The Bertz CT molecular complexity index is 876. The van der Waals surface area contributed by atoms with Gasteiger partial charge in [-0.05, 0) is 30.5 Å². The van der Waals surface area contributed by atoms with Gasteiger partial charge in [-0.15, -0.1) is 0 Å². The zero-order valence-corrected chi connectivity index (χ0v) is 17.1. The molecule has 0 aromatic carbocycles. The van der Waals surface area contributed by atoms with Crippen LogP contribution in [-0.4, -0.2) is 66.2 Å². The predicted molar refractivity (Wildman–Crippen MR) is 108 cm³/mol. The fourth-order valence-electron chi connectivity index (χ4n) is 3.13. The number of carbonyl (C=O) groups excluding carboxylic acids is 1. The Labute approximate surface area is 168 Å². The summed E-state index contributed by atoms with van der Waals surface area (Å²) in [7, 11) is 3.54. The molecule has 2 amide bonds. The number of rotatable bonds is 4. The van der Waals surface area contributed by atoms with Crippen LogP contribution in [0, 0.1) is 24.2 Å². The highest BCUT2D eigenvalue weighted by molar-refractivity contribution is 7.16. The molecule has 0 unspecified atom stereocenters. The van der Waals surface area contributed by atoms with E-state index in [1.165, 1.54) is 11.3 Å². The average Bonchev–Trinajstić information content (AvgIpc) is 2.99. The summed E-state index contributed by atoms with van der Waals surface area (Å²) in [6, 6.07) is 4.07. The normalized spacial score (nSPS) is 16.9. The molecule has 8 nitrogen and oxygen atoms in total. The van der Waals surface area contributed by atoms with Crippen LogP contribution in [0.2, 0.25) is 0 Å². The van der Waals surface area contributed by atoms with Crippen LogP contribution < -0.4 is 5.32 Å². The predicted octanol–water partition coefficient (Wildman–Crippen LogP) is 2.63. The maximum atomic E-state index is 12.3. The first-order chi connectivity index (χ1) is 13.5. The lowest BCUT2D eigenvalue weighted by molar-refractivity contribution is 0.121. The van der Waals surface area contributed by atoms with Gasteiger partial charge in [-0.3, -0.25) is 0 Å². The van der Waals surface area contributed by atoms with Gasteiger partial charge in [0.05, 0.1) is 19.4 Å². The monoisotopic (exact) mass is 400 g/mol. The Morgan fingerprint density at radius 1 is 1.46 bits per heavy atom. The van der Waals surface area contributed by atoms with E-state index in [4.69, 9.17) is 10.00 Å². The smallest absolute Gasteiger partial charge is 0.319 e. The maximum Gasteiger partial charge on any atom is 0.319 e. The number of hydrogen-bond donors (Lipinski definition) is 1. The van der Waals surface area contributed by atoms with Gasteiger partial charge in [-0.1, -0.05) is 11.3 Å². The van der Waals surface area contributed by atoms with E-state index >= 15 is 0 Å². The van der Waals surface area contributed by atoms with Crippen molar-refractivity contribution < 1.29 is 9.53 Å². The Kier molecular flexibility index (Phi) is 6.44. The molecule has 1 N–H and O–H groups in total. The SMILES string of the molecule is Cc1cc(Nc2ncc(C#N)s2)ncc1C[C@H]1COCCN(C(=O)N(C)C)C1. The number of aryl methyl sites for hydroxylation is 1. The summed E-state index contributed by atoms with van der Waals surface area (Å²) in [6.45, 7) is 4.53. The molecule has 0 saturated carbocycles. The number of ether oxygens (including phenoxy) is 1. The lowest BCUT2D eigenvalue weighted by Crippen LogP contribution is -2.42. The molecule has 148 valence electrons. The van der Waals surface area contributed by atoms with Gasteiger partial charge in [0.15, 0.2) is 5.13 Å². The van der Waals surface area contributed by atoms with Crippen molar-refractivity contribution in [2.75, 3.05) is 45.7 Å². The molecular weight excluding hydrogens is 376 g/mol. The number of thiazole rings is 1. The van der Waals surface area contributed by atoms with Crippen molar-refractivity contribution in [1.29, 1.82) is 5.26 Å². The van der Waals surface area contributed by atoms with Gasteiger partial charge in [-0.2, -0.15) is 5.26 Å². The van der Waals surface area contributed by atoms with E-state index in [1.54, 1.807) is 25.2 Å². The molecule has 0 bridgehead atoms. The first kappa shape index (κ1) is 20.0. The van der Waals surface area contributed by atoms with Gasteiger partial charge < -0.3 is 19.9 Å². The number of pyridine rings is 1. The summed E-state index contributed by atoms with van der Waals surface area (Å²) >= 11 is 1.29. The zero-order valence-electron chi connectivity index (χ0n) is 16.3. The summed E-state index contributed by atoms with van der Waals surface area (Å²) in [5.41, 5.74) is 2.25. The molecule has 3 heterocycles. The molecule has 2 aromatic heterocycles. The number of urea groups is 1. The Morgan fingerprint density at radius 2 is 2.29 bits per heavy atom. The van der Waals surface area contributed by atoms with E-state index in [9.17, 15) is 4.79 Å². The number of nitrogens with one attached hydrogen (secondary N) is 1. The van der Waals surface area contributed by atoms with Crippen molar-refractivity contribution >= 4 is 28.3 Å². The molecule has 1 saturated heterocycles. The maximum absolute atomic E-state index is 12.3. The molecule has 0 radical (unpaired) electrons. The van der Waals surface area contributed by atoms with Crippen molar-refractivity contribution in [2.24, 2.45) is 5.92 Å². The summed E-state index contributed by atoms with van der Waals surface area (Å²) in [6.07, 6.45) is 4.20. The lowest BCUT2D eigenvalue weighted by atomic mass is 9.97. The molecule has 28 heavy (non-hydrogen) atoms. The molecule has 0 aliphatic carbocycles. The van der Waals surface area contributed by atoms with Crippen LogP contribution in [0.5, 0.6) is 0 Å². The van der Waals surface area contributed by atoms with Gasteiger partial charge in [0, 0.05) is 39.3 Å². The van der Waals surface area contributed by atoms with E-state index in [2.05, 4.69) is 21.4 Å². The van der Waals surface area contributed by atoms with Crippen LogP contribution in [0.15, 0.2) is 18.5 Å². The minimum Gasteiger partial charge on any atom is -0.379 e. The van der Waals surface area contributed by atoms with Gasteiger partial charge in [0.1, 0.15) is 16.8 Å². The Hall–Kier alpha value is -2.70. The third-order valence-corrected chi connectivity index (χ3v) is 5.39. The number of amides is 2. The molecule has 1 aliphatic heterocycles. The van der Waals surface area contributed by atoms with Crippen LogP contribution in [0.3, 0.4) is 0 Å². The quantitative estimate of drug-likeness (QED) is 0.848. The molecule has 9 heteroatoms. The third-order valence-electron chi connectivity index (χ3n) is 4.57. The van der Waals surface area contributed by atoms with Crippen molar-refractivity contribution in [1.82, 2.24) is 19.8 Å². The zero-order chi connectivity index (χ0) is 20.1. The molecule has 1 aliphatic rings. The van der Waals surface area contributed by atoms with E-state index in [-0.39, 0.29) is 11.9 Å². The average molecular weight is 401 g/mol. The number of nitriles is 1. The van der Waals surface area contributed by atoms with E-state index in [1.807, 2.05) is 24.1 Å². The highest BCUT2D eigenvalue weighted by Crippen LogP contribution is 2.23. The van der Waals surface area contributed by atoms with Crippen LogP contribution in [-0.2, 0) is 11.2 Å². The van der Waals surface area contributed by atoms with Crippen LogP contribution in [0.1, 0.15) is 16.0 Å². The third kappa shape index (κ3) is 4.97. The van der Waals surface area contributed by atoms with Gasteiger partial charge in [-0.25, -0.2) is 14.8 Å². The number of carbonyl (C=O) groups is 1. The number of nitrogens with zero attached hydrogens (tertiary/aromatic N) is 5. The highest BCUT2D eigenvalue weighted by atomic mass is 32.1. The summed E-state index contributed by atoms with van der Waals surface area (Å²) in [5.74, 6) is 0.921. The van der Waals surface area contributed by atoms with Crippen LogP contribution in [0.4, 0.5) is 15.7 Å². The second kappa shape index (κ2) is 8.99. The molecule has 3 rings (SSSR count). The molecule has 1 fully saturated rings. The van der Waals surface area contributed by atoms with Gasteiger partial charge in [0.2, 0.25) is 0 Å². The van der Waals surface area contributed by atoms with Crippen molar-refractivity contribution in [3.05, 3.63) is 34.5 Å². The molecule has 2 aromatic rings. The van der Waals surface area contributed by atoms with Crippen molar-refractivity contribution in [2.45, 2.75) is 13.3 Å². The topological polar surface area (TPSA) is 94.4 Å². The molecular formula is C19H24N6O2S. The van der Waals surface area contributed by atoms with E-state index < -0.39 is 0 Å². The highest BCUT2D eigenvalue weighted by Gasteiger charge is 2.24. The summed E-state index contributed by atoms with van der Waals surface area (Å²) < 4.78 is 5.72. The molecule has 0 spiro atoms. The van der Waals surface area contributed by atoms with Gasteiger partial charge in [0.25, 0.3) is 0 Å². The van der Waals surface area contributed by atoms with Gasteiger partial charge >= 0.3 is 6.03 Å². The van der Waals surface area contributed by atoms with Crippen LogP contribution >= 0.6 is 11.3 Å². The largest absolute Gasteiger partial charge is 0.379 e. The minimum absolute atomic E-state index is 0.0186. The fourth-order valence-corrected chi connectivity index (χ4v) is 3.75. The van der Waals surface area contributed by atoms with E-state index in [0.717, 1.165) is 17.5 Å². The first-order valence-electron chi connectivity index (χ1n) is 9.08. The summed E-state index contributed by atoms with van der Waals surface area (Å²) in [5, 5.41) is 12.7. The van der Waals surface area contributed by atoms with Crippen LogP contribution in [0.25, 0.3) is 0 Å². The summed E-state index contributed by atoms with van der Waals surface area (Å²) in [4.78, 5) is 25.0. The van der Waals surface area contributed by atoms with Crippen molar-refractivity contribution in [3.8, 4) is 6.07 Å². The first-order valence-corrected chi connectivity index (χ1v) is 9.90. The number of anilines is 2. The fraction of sp³-hybridized carbons (Fsp3) is 0.474. The van der Waals surface area contributed by atoms with Crippen molar-refractivity contribution in [3.63, 3.8) is 0 Å². The standard InChI is InChI=1S/C19H24N6O2S/c1-13-6-17(23-18-22-10-16(8-20)28-18)21-9-15(13)7-14-11-25(4-5-27-12-14)19(26)24(2)3/h6,9-10,14H,4-5,7,11-12H2,1-3H3,(H,21,22,23)/t14-/m1/s1. The molecule has 1 atom stereocenters. The van der Waals surface area contributed by atoms with E-state index in [0.29, 0.717) is 42.1 Å².